The zero-order valence-corrected chi connectivity index (χ0v) is 19.7. The van der Waals surface area contributed by atoms with Crippen molar-refractivity contribution in [3.63, 3.8) is 0 Å². The number of fused-ring (bicyclic) bond motifs is 1. The van der Waals surface area contributed by atoms with E-state index in [0.29, 0.717) is 46.4 Å². The Kier molecular flexibility index (Phi) is 7.14. The number of nitrogens with zero attached hydrogens (tertiary/aromatic N) is 2. The summed E-state index contributed by atoms with van der Waals surface area (Å²) in [6, 6.07) is 15.8. The van der Waals surface area contributed by atoms with Crippen LogP contribution in [-0.4, -0.2) is 47.7 Å². The van der Waals surface area contributed by atoms with Gasteiger partial charge in [0, 0.05) is 48.2 Å². The lowest BCUT2D eigenvalue weighted by molar-refractivity contribution is 0.0926. The smallest absolute Gasteiger partial charge is 0.262 e. The molecule has 1 saturated heterocycles. The molecule has 2 atom stereocenters. The van der Waals surface area contributed by atoms with E-state index in [1.165, 1.54) is 23.8 Å². The number of carbonyl (C=O) groups excluding carboxylic acids is 1. The Balaban J connectivity index is 1.55. The molecule has 6 nitrogen and oxygen atoms in total. The fourth-order valence-corrected chi connectivity index (χ4v) is 4.90. The molecule has 1 amide bonds. The van der Waals surface area contributed by atoms with Crippen LogP contribution in [0.3, 0.4) is 0 Å². The summed E-state index contributed by atoms with van der Waals surface area (Å²) in [6.45, 7) is 6.17. The van der Waals surface area contributed by atoms with Crippen LogP contribution in [0.25, 0.3) is 16.5 Å². The average molecular weight is 448 g/mol. The highest BCUT2D eigenvalue weighted by molar-refractivity contribution is 6.06. The lowest BCUT2D eigenvalue weighted by Crippen LogP contribution is -2.44. The van der Waals surface area contributed by atoms with Gasteiger partial charge in [0.05, 0.1) is 18.4 Å². The maximum atomic E-state index is 13.2. The predicted molar refractivity (Wildman–Crippen MR) is 133 cm³/mol. The number of piperidine rings is 1. The summed E-state index contributed by atoms with van der Waals surface area (Å²) >= 11 is 0. The van der Waals surface area contributed by atoms with E-state index < -0.39 is 0 Å². The second-order valence-electron chi connectivity index (χ2n) is 8.94. The maximum Gasteiger partial charge on any atom is 0.262 e. The molecule has 3 aromatic rings. The van der Waals surface area contributed by atoms with Crippen molar-refractivity contribution in [2.24, 2.45) is 0 Å². The Morgan fingerprint density at radius 2 is 1.79 bits per heavy atom. The van der Waals surface area contributed by atoms with E-state index >= 15 is 0 Å². The molecule has 1 fully saturated rings. The van der Waals surface area contributed by atoms with Gasteiger partial charge in [0.15, 0.2) is 0 Å². The van der Waals surface area contributed by atoms with E-state index in [2.05, 4.69) is 24.1 Å². The molecule has 1 N–H and O–H groups in total. The molecule has 0 aliphatic carbocycles. The monoisotopic (exact) mass is 447 g/mol. The molecule has 0 radical (unpaired) electrons. The fourth-order valence-electron chi connectivity index (χ4n) is 4.90. The summed E-state index contributed by atoms with van der Waals surface area (Å²) in [5, 5.41) is 4.26. The van der Waals surface area contributed by atoms with Gasteiger partial charge in [-0.05, 0) is 51.3 Å². The highest BCUT2D eigenvalue weighted by atomic mass is 16.5. The standard InChI is InChI=1S/C27H33N3O3/c1-19-9-6-10-20(2)29(19)16-8-15-28-26(31)25-18-30(21-11-7-12-22(17-21)33-3)27(32)24-14-5-4-13-23(24)25/h4-5,7,11-14,17-20H,6,8-10,15-16H2,1-3H3,(H,28,31). The van der Waals surface area contributed by atoms with E-state index in [0.717, 1.165) is 13.0 Å². The van der Waals surface area contributed by atoms with Crippen LogP contribution < -0.4 is 15.6 Å². The Labute approximate surface area is 195 Å². The number of amides is 1. The topological polar surface area (TPSA) is 63.6 Å². The van der Waals surface area contributed by atoms with Crippen LogP contribution in [0, 0.1) is 0 Å². The van der Waals surface area contributed by atoms with Crippen molar-refractivity contribution in [1.29, 1.82) is 0 Å². The molecule has 0 spiro atoms. The summed E-state index contributed by atoms with van der Waals surface area (Å²) in [5.74, 6) is 0.488. The highest BCUT2D eigenvalue weighted by Crippen LogP contribution is 2.23. The molecule has 2 unspecified atom stereocenters. The van der Waals surface area contributed by atoms with Crippen LogP contribution in [0.15, 0.2) is 59.5 Å². The van der Waals surface area contributed by atoms with Gasteiger partial charge in [0.1, 0.15) is 5.75 Å². The van der Waals surface area contributed by atoms with Gasteiger partial charge in [-0.3, -0.25) is 19.1 Å². The summed E-state index contributed by atoms with van der Waals surface area (Å²) in [5.41, 5.74) is 0.989. The number of rotatable bonds is 7. The quantitative estimate of drug-likeness (QED) is 0.546. The van der Waals surface area contributed by atoms with Crippen molar-refractivity contribution in [2.75, 3.05) is 20.2 Å². The number of pyridine rings is 1. The molecule has 1 aliphatic heterocycles. The Morgan fingerprint density at radius 3 is 2.52 bits per heavy atom. The first-order chi connectivity index (χ1) is 16.0. The molecule has 1 aromatic heterocycles. The third-order valence-corrected chi connectivity index (χ3v) is 6.76. The maximum absolute atomic E-state index is 13.2. The fraction of sp³-hybridized carbons (Fsp3) is 0.407. The van der Waals surface area contributed by atoms with E-state index in [4.69, 9.17) is 4.74 Å². The summed E-state index contributed by atoms with van der Waals surface area (Å²) in [4.78, 5) is 28.9. The van der Waals surface area contributed by atoms with Crippen LogP contribution in [-0.2, 0) is 0 Å². The van der Waals surface area contributed by atoms with Crippen molar-refractivity contribution in [3.8, 4) is 11.4 Å². The van der Waals surface area contributed by atoms with E-state index in [1.54, 1.807) is 25.4 Å². The minimum absolute atomic E-state index is 0.163. The highest BCUT2D eigenvalue weighted by Gasteiger charge is 2.24. The number of carbonyl (C=O) groups is 1. The molecule has 4 rings (SSSR count). The lowest BCUT2D eigenvalue weighted by Gasteiger charge is -2.39. The van der Waals surface area contributed by atoms with Gasteiger partial charge < -0.3 is 10.1 Å². The molecule has 6 heteroatoms. The number of benzene rings is 2. The van der Waals surface area contributed by atoms with Crippen molar-refractivity contribution in [1.82, 2.24) is 14.8 Å². The predicted octanol–water partition coefficient (Wildman–Crippen LogP) is 4.38. The van der Waals surface area contributed by atoms with Gasteiger partial charge in [-0.25, -0.2) is 0 Å². The molecule has 0 bridgehead atoms. The van der Waals surface area contributed by atoms with E-state index in [1.807, 2.05) is 36.4 Å². The second-order valence-corrected chi connectivity index (χ2v) is 8.94. The third kappa shape index (κ3) is 4.96. The SMILES string of the molecule is COc1cccc(-n2cc(C(=O)NCCCN3C(C)CCCC3C)c3ccccc3c2=O)c1. The van der Waals surface area contributed by atoms with Gasteiger partial charge in [-0.1, -0.05) is 30.7 Å². The van der Waals surface area contributed by atoms with Gasteiger partial charge in [-0.2, -0.15) is 0 Å². The van der Waals surface area contributed by atoms with Crippen LogP contribution in [0.4, 0.5) is 0 Å². The first kappa shape index (κ1) is 23.1. The zero-order valence-electron chi connectivity index (χ0n) is 19.7. The van der Waals surface area contributed by atoms with Crippen LogP contribution in [0.5, 0.6) is 5.75 Å². The number of likely N-dealkylation sites (tertiary alicyclic amines) is 1. The Bertz CT molecular complexity index is 1180. The molecule has 33 heavy (non-hydrogen) atoms. The molecular weight excluding hydrogens is 414 g/mol. The minimum Gasteiger partial charge on any atom is -0.497 e. The zero-order chi connectivity index (χ0) is 23.4. The van der Waals surface area contributed by atoms with Crippen LogP contribution >= 0.6 is 0 Å². The Morgan fingerprint density at radius 1 is 1.06 bits per heavy atom. The van der Waals surface area contributed by atoms with E-state index in [-0.39, 0.29) is 11.5 Å². The number of methoxy groups -OCH3 is 1. The summed E-state index contributed by atoms with van der Waals surface area (Å²) in [6.07, 6.45) is 6.33. The van der Waals surface area contributed by atoms with Gasteiger partial charge in [0.25, 0.3) is 11.5 Å². The van der Waals surface area contributed by atoms with Crippen molar-refractivity contribution in [2.45, 2.75) is 51.6 Å². The number of aromatic nitrogens is 1. The molecule has 174 valence electrons. The molecule has 2 aromatic carbocycles. The number of hydrogen-bond donors (Lipinski definition) is 1. The lowest BCUT2D eigenvalue weighted by atomic mass is 9.97. The van der Waals surface area contributed by atoms with Crippen molar-refractivity contribution >= 4 is 16.7 Å². The van der Waals surface area contributed by atoms with Gasteiger partial charge in [0.2, 0.25) is 0 Å². The molecule has 0 saturated carbocycles. The number of nitrogens with one attached hydrogen (secondary N) is 1. The first-order valence-electron chi connectivity index (χ1n) is 11.8. The molecular formula is C27H33N3O3. The number of ether oxygens (including phenoxy) is 1. The average Bonchev–Trinajstić information content (AvgIpc) is 2.83. The second kappa shape index (κ2) is 10.2. The third-order valence-electron chi connectivity index (χ3n) is 6.76. The molecule has 2 heterocycles. The van der Waals surface area contributed by atoms with Gasteiger partial charge >= 0.3 is 0 Å². The summed E-state index contributed by atoms with van der Waals surface area (Å²) < 4.78 is 6.84. The van der Waals surface area contributed by atoms with Crippen LogP contribution in [0.1, 0.15) is 49.9 Å². The first-order valence-corrected chi connectivity index (χ1v) is 11.8. The Hall–Kier alpha value is -3.12. The largest absolute Gasteiger partial charge is 0.497 e. The van der Waals surface area contributed by atoms with Crippen molar-refractivity contribution in [3.05, 3.63) is 70.6 Å². The van der Waals surface area contributed by atoms with Gasteiger partial charge in [-0.15, -0.1) is 0 Å². The van der Waals surface area contributed by atoms with E-state index in [9.17, 15) is 9.59 Å². The normalized spacial score (nSPS) is 18.9. The summed E-state index contributed by atoms with van der Waals surface area (Å²) in [7, 11) is 1.59. The minimum atomic E-state index is -0.164. The number of hydrogen-bond acceptors (Lipinski definition) is 4. The van der Waals surface area contributed by atoms with Crippen molar-refractivity contribution < 1.29 is 9.53 Å². The molecule has 1 aliphatic rings. The van der Waals surface area contributed by atoms with Crippen LogP contribution in [0.2, 0.25) is 0 Å².